The summed E-state index contributed by atoms with van der Waals surface area (Å²) in [7, 11) is 1.39. The Balaban J connectivity index is 0.000000186. The molecule has 0 saturated heterocycles. The minimum absolute atomic E-state index is 0.0402. The number of carbonyl (C=O) groups is 2. The molecule has 4 N–H and O–H groups in total. The second-order valence-electron chi connectivity index (χ2n) is 8.00. The first-order valence-corrected chi connectivity index (χ1v) is 11.5. The van der Waals surface area contributed by atoms with E-state index in [1.807, 2.05) is 30.3 Å². The number of rotatable bonds is 6. The Hall–Kier alpha value is -3.95. The number of esters is 2. The number of unbranched alkanes of at least 4 members (excludes halogenated alkanes) is 1. The quantitative estimate of drug-likeness (QED) is 0.356. The number of nitrogen functional groups attached to an aromatic ring is 1. The summed E-state index contributed by atoms with van der Waals surface area (Å²) in [5.41, 5.74) is 7.85. The van der Waals surface area contributed by atoms with Gasteiger partial charge in [0, 0.05) is 12.8 Å². The van der Waals surface area contributed by atoms with Gasteiger partial charge in [-0.2, -0.15) is 4.98 Å². The predicted molar refractivity (Wildman–Crippen MR) is 133 cm³/mol. The van der Waals surface area contributed by atoms with Crippen molar-refractivity contribution in [3.63, 3.8) is 0 Å². The number of aromatic nitrogens is 4. The molecule has 10 heteroatoms. The SMILES string of the molecule is C=C1CCC(OC(=O)CCCC)C1.COC(=O)Cc1ccccc1.Nc1nc2nc[nH]c2c(=O)[nH]1. The van der Waals surface area contributed by atoms with Gasteiger partial charge < -0.3 is 20.2 Å². The van der Waals surface area contributed by atoms with Crippen molar-refractivity contribution in [2.75, 3.05) is 12.8 Å². The molecule has 4 rings (SSSR count). The lowest BCUT2D eigenvalue weighted by Crippen LogP contribution is -2.14. The fourth-order valence-corrected chi connectivity index (χ4v) is 3.25. The Bertz CT molecular complexity index is 1160. The molecule has 188 valence electrons. The lowest BCUT2D eigenvalue weighted by atomic mass is 10.2. The van der Waals surface area contributed by atoms with Gasteiger partial charge in [0.25, 0.3) is 5.56 Å². The molecule has 10 nitrogen and oxygen atoms in total. The van der Waals surface area contributed by atoms with Crippen molar-refractivity contribution in [1.29, 1.82) is 0 Å². The molecule has 3 aromatic rings. The first-order valence-electron chi connectivity index (χ1n) is 11.5. The van der Waals surface area contributed by atoms with Gasteiger partial charge in [0.05, 0.1) is 19.9 Å². The molecular formula is C25H33N5O5. The molecule has 35 heavy (non-hydrogen) atoms. The third-order valence-corrected chi connectivity index (χ3v) is 5.10. The van der Waals surface area contributed by atoms with Gasteiger partial charge in [-0.1, -0.05) is 55.8 Å². The zero-order valence-corrected chi connectivity index (χ0v) is 20.2. The molecule has 1 unspecified atom stereocenters. The molecule has 0 spiro atoms. The summed E-state index contributed by atoms with van der Waals surface area (Å²) in [6.45, 7) is 5.96. The van der Waals surface area contributed by atoms with E-state index in [4.69, 9.17) is 10.5 Å². The van der Waals surface area contributed by atoms with Crippen molar-refractivity contribution in [3.05, 3.63) is 64.7 Å². The first kappa shape index (κ1) is 27.3. The van der Waals surface area contributed by atoms with E-state index in [1.165, 1.54) is 19.0 Å². The summed E-state index contributed by atoms with van der Waals surface area (Å²) in [6, 6.07) is 9.52. The maximum absolute atomic E-state index is 11.2. The fraction of sp³-hybridized carbons (Fsp3) is 0.400. The Kier molecular flexibility index (Phi) is 11.2. The molecule has 0 bridgehead atoms. The maximum Gasteiger partial charge on any atom is 0.309 e. The van der Waals surface area contributed by atoms with Crippen LogP contribution in [0.1, 0.15) is 51.0 Å². The number of imidazole rings is 1. The van der Waals surface area contributed by atoms with Gasteiger partial charge >= 0.3 is 11.9 Å². The van der Waals surface area contributed by atoms with Crippen LogP contribution in [-0.2, 0) is 25.5 Å². The Labute approximate surface area is 204 Å². The number of fused-ring (bicyclic) bond motifs is 1. The third kappa shape index (κ3) is 9.83. The van der Waals surface area contributed by atoms with E-state index in [9.17, 15) is 14.4 Å². The average Bonchev–Trinajstić information content (AvgIpc) is 3.48. The minimum Gasteiger partial charge on any atom is -0.469 e. The van der Waals surface area contributed by atoms with Gasteiger partial charge in [-0.15, -0.1) is 0 Å². The van der Waals surface area contributed by atoms with Crippen molar-refractivity contribution < 1.29 is 19.1 Å². The number of carbonyl (C=O) groups excluding carboxylic acids is 2. The van der Waals surface area contributed by atoms with E-state index in [0.717, 1.165) is 37.7 Å². The van der Waals surface area contributed by atoms with E-state index in [1.54, 1.807) is 0 Å². The number of hydrogen-bond acceptors (Lipinski definition) is 8. The molecule has 2 heterocycles. The highest BCUT2D eigenvalue weighted by atomic mass is 16.5. The van der Waals surface area contributed by atoms with Crippen LogP contribution in [0.3, 0.4) is 0 Å². The predicted octanol–water partition coefficient (Wildman–Crippen LogP) is 3.46. The van der Waals surface area contributed by atoms with Gasteiger partial charge in [0.2, 0.25) is 5.95 Å². The van der Waals surface area contributed by atoms with Crippen LogP contribution >= 0.6 is 0 Å². The second kappa shape index (κ2) is 14.3. The number of aromatic amines is 2. The molecule has 0 radical (unpaired) electrons. The van der Waals surface area contributed by atoms with Crippen molar-refractivity contribution in [1.82, 2.24) is 19.9 Å². The van der Waals surface area contributed by atoms with Crippen molar-refractivity contribution in [2.24, 2.45) is 0 Å². The monoisotopic (exact) mass is 483 g/mol. The van der Waals surface area contributed by atoms with E-state index in [0.29, 0.717) is 24.0 Å². The second-order valence-corrected chi connectivity index (χ2v) is 8.00. The number of ether oxygens (including phenoxy) is 2. The highest BCUT2D eigenvalue weighted by Crippen LogP contribution is 2.25. The average molecular weight is 484 g/mol. The van der Waals surface area contributed by atoms with Crippen molar-refractivity contribution >= 4 is 29.1 Å². The van der Waals surface area contributed by atoms with Crippen LogP contribution in [-0.4, -0.2) is 45.1 Å². The molecule has 1 fully saturated rings. The molecule has 0 amide bonds. The summed E-state index contributed by atoms with van der Waals surface area (Å²) in [6.07, 6.45) is 7.29. The largest absolute Gasteiger partial charge is 0.469 e. The zero-order chi connectivity index (χ0) is 25.6. The number of methoxy groups -OCH3 is 1. The van der Waals surface area contributed by atoms with Crippen LogP contribution in [0.5, 0.6) is 0 Å². The number of benzene rings is 1. The highest BCUT2D eigenvalue weighted by molar-refractivity contribution is 5.72. The standard InChI is InChI=1S/C11H18O2.C9H10O2.C5H5N5O/c1-3-4-5-11(12)13-10-7-6-9(2)8-10;1-11-9(10)7-8-5-3-2-4-6-8;6-5-9-3-2(4(11)10-5)7-1-8-3/h10H,2-8H2,1H3;2-6H,7H2,1H3;1H,(H4,6,7,8,9,10,11). The van der Waals surface area contributed by atoms with Gasteiger partial charge in [-0.3, -0.25) is 19.4 Å². The van der Waals surface area contributed by atoms with E-state index in [2.05, 4.69) is 38.2 Å². The highest BCUT2D eigenvalue weighted by Gasteiger charge is 2.21. The first-order chi connectivity index (χ1) is 16.8. The molecule has 1 aliphatic rings. The van der Waals surface area contributed by atoms with Crippen LogP contribution in [0.25, 0.3) is 11.2 Å². The zero-order valence-electron chi connectivity index (χ0n) is 20.2. The van der Waals surface area contributed by atoms with Crippen molar-refractivity contribution in [2.45, 2.75) is 58.0 Å². The summed E-state index contributed by atoms with van der Waals surface area (Å²) < 4.78 is 9.80. The van der Waals surface area contributed by atoms with Crippen LogP contribution in [0, 0.1) is 0 Å². The van der Waals surface area contributed by atoms with E-state index < -0.39 is 0 Å². The molecule has 1 aromatic carbocycles. The minimum atomic E-state index is -0.301. The third-order valence-electron chi connectivity index (χ3n) is 5.10. The van der Waals surface area contributed by atoms with E-state index in [-0.39, 0.29) is 29.6 Å². The number of anilines is 1. The molecular weight excluding hydrogens is 450 g/mol. The molecule has 1 aliphatic carbocycles. The molecule has 1 atom stereocenters. The lowest BCUT2D eigenvalue weighted by molar-refractivity contribution is -0.148. The number of nitrogens with zero attached hydrogens (tertiary/aromatic N) is 2. The van der Waals surface area contributed by atoms with Crippen molar-refractivity contribution in [3.8, 4) is 0 Å². The van der Waals surface area contributed by atoms with Crippen LogP contribution < -0.4 is 11.3 Å². The maximum atomic E-state index is 11.2. The topological polar surface area (TPSA) is 153 Å². The normalized spacial score (nSPS) is 14.3. The summed E-state index contributed by atoms with van der Waals surface area (Å²) >= 11 is 0. The van der Waals surface area contributed by atoms with Gasteiger partial charge in [-0.05, 0) is 24.8 Å². The summed E-state index contributed by atoms with van der Waals surface area (Å²) in [5, 5.41) is 0. The van der Waals surface area contributed by atoms with Crippen LogP contribution in [0.15, 0.2) is 53.6 Å². The number of nitrogens with two attached hydrogens (primary N) is 1. The number of H-pyrrole nitrogens is 2. The molecule has 1 saturated carbocycles. The summed E-state index contributed by atoms with van der Waals surface area (Å²) in [4.78, 5) is 45.5. The summed E-state index contributed by atoms with van der Waals surface area (Å²) in [5.74, 6) is -0.160. The number of hydrogen-bond donors (Lipinski definition) is 3. The lowest BCUT2D eigenvalue weighted by Gasteiger charge is -2.10. The fourth-order valence-electron chi connectivity index (χ4n) is 3.25. The number of nitrogens with one attached hydrogen (secondary N) is 2. The van der Waals surface area contributed by atoms with Gasteiger partial charge in [0.15, 0.2) is 11.2 Å². The van der Waals surface area contributed by atoms with Gasteiger partial charge in [0.1, 0.15) is 6.10 Å². The Morgan fingerprint density at radius 3 is 2.60 bits per heavy atom. The Morgan fingerprint density at radius 1 is 1.23 bits per heavy atom. The van der Waals surface area contributed by atoms with Crippen LogP contribution in [0.2, 0.25) is 0 Å². The van der Waals surface area contributed by atoms with E-state index >= 15 is 0 Å². The molecule has 0 aliphatic heterocycles. The van der Waals surface area contributed by atoms with Gasteiger partial charge in [-0.25, -0.2) is 4.98 Å². The smallest absolute Gasteiger partial charge is 0.309 e. The molecule has 2 aromatic heterocycles. The Morgan fingerprint density at radius 2 is 1.97 bits per heavy atom. The van der Waals surface area contributed by atoms with Crippen LogP contribution in [0.4, 0.5) is 5.95 Å².